The molecule has 0 aliphatic heterocycles. The van der Waals surface area contributed by atoms with E-state index in [0.717, 1.165) is 24.5 Å². The predicted octanol–water partition coefficient (Wildman–Crippen LogP) is 3.34. The van der Waals surface area contributed by atoms with Crippen molar-refractivity contribution in [3.8, 4) is 0 Å². The highest BCUT2D eigenvalue weighted by molar-refractivity contribution is 5.14. The van der Waals surface area contributed by atoms with E-state index in [1.807, 2.05) is 6.20 Å². The Hall–Kier alpha value is -0.890. The number of pyridine rings is 1. The molecule has 0 radical (unpaired) electrons. The van der Waals surface area contributed by atoms with E-state index in [4.69, 9.17) is 5.73 Å². The van der Waals surface area contributed by atoms with Gasteiger partial charge in [0, 0.05) is 24.4 Å². The third-order valence-electron chi connectivity index (χ3n) is 4.50. The Morgan fingerprint density at radius 1 is 1.33 bits per heavy atom. The summed E-state index contributed by atoms with van der Waals surface area (Å²) in [6.07, 6.45) is 9.30. The maximum absolute atomic E-state index is 6.36. The van der Waals surface area contributed by atoms with Crippen molar-refractivity contribution in [1.29, 1.82) is 0 Å². The van der Waals surface area contributed by atoms with E-state index in [0.29, 0.717) is 12.0 Å². The van der Waals surface area contributed by atoms with E-state index < -0.39 is 0 Å². The second kappa shape index (κ2) is 6.33. The highest BCUT2D eigenvalue weighted by Crippen LogP contribution is 2.34. The molecule has 1 aromatic heterocycles. The molecule has 0 spiro atoms. The van der Waals surface area contributed by atoms with Gasteiger partial charge in [0.2, 0.25) is 0 Å². The van der Waals surface area contributed by atoms with E-state index in [9.17, 15) is 0 Å². The van der Waals surface area contributed by atoms with Crippen LogP contribution in [0.15, 0.2) is 18.3 Å². The highest BCUT2D eigenvalue weighted by Gasteiger charge is 2.28. The molecule has 2 N–H and O–H groups in total. The molecule has 1 aliphatic rings. The molecule has 1 fully saturated rings. The van der Waals surface area contributed by atoms with Crippen LogP contribution in [0, 0.1) is 11.8 Å². The lowest BCUT2D eigenvalue weighted by molar-refractivity contribution is 0.403. The molecular weight excluding hydrogens is 220 g/mol. The highest BCUT2D eigenvalue weighted by atomic mass is 14.7. The first-order valence-electron chi connectivity index (χ1n) is 7.42. The van der Waals surface area contributed by atoms with Crippen molar-refractivity contribution in [3.63, 3.8) is 0 Å². The van der Waals surface area contributed by atoms with Crippen molar-refractivity contribution >= 4 is 0 Å². The number of aromatic nitrogens is 1. The topological polar surface area (TPSA) is 38.9 Å². The summed E-state index contributed by atoms with van der Waals surface area (Å²) in [6, 6.07) is 4.62. The second-order valence-corrected chi connectivity index (χ2v) is 5.73. The summed E-state index contributed by atoms with van der Waals surface area (Å²) in [4.78, 5) is 4.52. The Balaban J connectivity index is 1.88. The molecule has 0 saturated heterocycles. The van der Waals surface area contributed by atoms with Gasteiger partial charge in [0.1, 0.15) is 0 Å². The van der Waals surface area contributed by atoms with Gasteiger partial charge in [0.05, 0.1) is 0 Å². The lowest BCUT2D eigenvalue weighted by Crippen LogP contribution is -2.31. The molecule has 0 bridgehead atoms. The molecule has 0 amide bonds. The summed E-state index contributed by atoms with van der Waals surface area (Å²) in [6.45, 7) is 4.45. The third kappa shape index (κ3) is 3.32. The Labute approximate surface area is 111 Å². The van der Waals surface area contributed by atoms with Gasteiger partial charge >= 0.3 is 0 Å². The monoisotopic (exact) mass is 246 g/mol. The normalized spacial score (nSPS) is 25.3. The van der Waals surface area contributed by atoms with Crippen LogP contribution < -0.4 is 5.73 Å². The lowest BCUT2D eigenvalue weighted by atomic mass is 9.93. The first kappa shape index (κ1) is 13.5. The molecule has 2 nitrogen and oxygen atoms in total. The van der Waals surface area contributed by atoms with E-state index in [1.54, 1.807) is 0 Å². The van der Waals surface area contributed by atoms with E-state index in [-0.39, 0.29) is 0 Å². The van der Waals surface area contributed by atoms with Gasteiger partial charge in [-0.15, -0.1) is 0 Å². The fourth-order valence-corrected chi connectivity index (χ4v) is 3.07. The molecule has 18 heavy (non-hydrogen) atoms. The fourth-order valence-electron chi connectivity index (χ4n) is 3.07. The quantitative estimate of drug-likeness (QED) is 0.865. The van der Waals surface area contributed by atoms with Crippen LogP contribution >= 0.6 is 0 Å². The Kier molecular flexibility index (Phi) is 4.76. The van der Waals surface area contributed by atoms with E-state index >= 15 is 0 Å². The van der Waals surface area contributed by atoms with Crippen molar-refractivity contribution < 1.29 is 0 Å². The molecule has 2 heteroatoms. The number of nitrogens with zero attached hydrogens (tertiary/aromatic N) is 1. The van der Waals surface area contributed by atoms with Gasteiger partial charge in [-0.05, 0) is 42.7 Å². The number of nitrogens with two attached hydrogens (primary N) is 1. The summed E-state index contributed by atoms with van der Waals surface area (Å²) in [5.74, 6) is 1.62. The average Bonchev–Trinajstić information content (AvgIpc) is 2.88. The van der Waals surface area contributed by atoms with Gasteiger partial charge in [-0.2, -0.15) is 0 Å². The van der Waals surface area contributed by atoms with Gasteiger partial charge in [-0.3, -0.25) is 4.98 Å². The minimum absolute atomic E-state index is 0.293. The third-order valence-corrected chi connectivity index (χ3v) is 4.50. The van der Waals surface area contributed by atoms with Crippen LogP contribution in [0.1, 0.15) is 50.8 Å². The second-order valence-electron chi connectivity index (χ2n) is 5.73. The maximum Gasteiger partial charge on any atom is 0.0419 e. The minimum atomic E-state index is 0.293. The van der Waals surface area contributed by atoms with Crippen molar-refractivity contribution in [3.05, 3.63) is 29.6 Å². The van der Waals surface area contributed by atoms with Crippen molar-refractivity contribution in [2.24, 2.45) is 17.6 Å². The molecule has 3 unspecified atom stereocenters. The predicted molar refractivity (Wildman–Crippen MR) is 76.4 cm³/mol. The Bertz CT molecular complexity index is 358. The SMILES string of the molecule is CCc1ccc(CC(N)C2CCC(CC)C2)nc1. The molecule has 2 rings (SSSR count). The van der Waals surface area contributed by atoms with E-state index in [1.165, 1.54) is 31.2 Å². The molecule has 3 atom stereocenters. The zero-order valence-corrected chi connectivity index (χ0v) is 11.7. The Morgan fingerprint density at radius 3 is 2.72 bits per heavy atom. The largest absolute Gasteiger partial charge is 0.327 e. The van der Waals surface area contributed by atoms with Crippen LogP contribution in [0.3, 0.4) is 0 Å². The first-order valence-corrected chi connectivity index (χ1v) is 7.42. The summed E-state index contributed by atoms with van der Waals surface area (Å²) < 4.78 is 0. The zero-order valence-electron chi connectivity index (χ0n) is 11.7. The van der Waals surface area contributed by atoms with Crippen LogP contribution in [-0.2, 0) is 12.8 Å². The Morgan fingerprint density at radius 2 is 2.17 bits per heavy atom. The molecule has 100 valence electrons. The van der Waals surface area contributed by atoms with Crippen LogP contribution in [0.2, 0.25) is 0 Å². The smallest absolute Gasteiger partial charge is 0.0419 e. The molecule has 1 aliphatic carbocycles. The van der Waals surface area contributed by atoms with Crippen molar-refractivity contribution in [2.45, 2.75) is 58.4 Å². The molecular formula is C16H26N2. The molecule has 0 aromatic carbocycles. The van der Waals surface area contributed by atoms with Gasteiger partial charge in [-0.25, -0.2) is 0 Å². The van der Waals surface area contributed by atoms with Gasteiger partial charge < -0.3 is 5.73 Å². The van der Waals surface area contributed by atoms with Crippen molar-refractivity contribution in [1.82, 2.24) is 4.98 Å². The maximum atomic E-state index is 6.36. The summed E-state index contributed by atoms with van der Waals surface area (Å²) in [7, 11) is 0. The van der Waals surface area contributed by atoms with Gasteiger partial charge in [0.15, 0.2) is 0 Å². The van der Waals surface area contributed by atoms with Gasteiger partial charge in [0.25, 0.3) is 0 Å². The van der Waals surface area contributed by atoms with Crippen molar-refractivity contribution in [2.75, 3.05) is 0 Å². The fraction of sp³-hybridized carbons (Fsp3) is 0.688. The zero-order chi connectivity index (χ0) is 13.0. The number of rotatable bonds is 5. The van der Waals surface area contributed by atoms with Crippen LogP contribution in [-0.4, -0.2) is 11.0 Å². The molecule has 1 aromatic rings. The summed E-state index contributed by atoms with van der Waals surface area (Å²) in [5.41, 5.74) is 8.82. The average molecular weight is 246 g/mol. The minimum Gasteiger partial charge on any atom is -0.327 e. The number of aryl methyl sites for hydroxylation is 1. The van der Waals surface area contributed by atoms with Crippen LogP contribution in [0.5, 0.6) is 0 Å². The number of hydrogen-bond acceptors (Lipinski definition) is 2. The first-order chi connectivity index (χ1) is 8.72. The lowest BCUT2D eigenvalue weighted by Gasteiger charge is -2.19. The summed E-state index contributed by atoms with van der Waals surface area (Å²) in [5, 5.41) is 0. The summed E-state index contributed by atoms with van der Waals surface area (Å²) >= 11 is 0. The van der Waals surface area contributed by atoms with E-state index in [2.05, 4.69) is 31.0 Å². The standard InChI is InChI=1S/C16H26N2/c1-3-12-5-7-14(9-12)16(17)10-15-8-6-13(4-2)11-18-15/h6,8,11-12,14,16H,3-5,7,9-10,17H2,1-2H3. The number of hydrogen-bond donors (Lipinski definition) is 1. The van der Waals surface area contributed by atoms with Gasteiger partial charge in [-0.1, -0.05) is 32.8 Å². The molecule has 1 heterocycles. The molecule has 1 saturated carbocycles. The van der Waals surface area contributed by atoms with Crippen LogP contribution in [0.25, 0.3) is 0 Å². The van der Waals surface area contributed by atoms with Crippen LogP contribution in [0.4, 0.5) is 0 Å².